The predicted molar refractivity (Wildman–Crippen MR) is 119 cm³/mol. The average molecular weight is 413 g/mol. The van der Waals surface area contributed by atoms with Gasteiger partial charge in [-0.25, -0.2) is 4.98 Å². The first-order valence-corrected chi connectivity index (χ1v) is 10.9. The third kappa shape index (κ3) is 5.19. The van der Waals surface area contributed by atoms with Gasteiger partial charge in [0.25, 0.3) is 5.56 Å². The summed E-state index contributed by atoms with van der Waals surface area (Å²) in [5.74, 6) is 1.15. The quantitative estimate of drug-likeness (QED) is 0.435. The predicted octanol–water partition coefficient (Wildman–Crippen LogP) is 4.52. The number of thioether (sulfide) groups is 1. The maximum atomic E-state index is 13.0. The summed E-state index contributed by atoms with van der Waals surface area (Å²) in [6.07, 6.45) is 0.154. The van der Waals surface area contributed by atoms with E-state index in [0.29, 0.717) is 21.8 Å². The Hall–Kier alpha value is -2.31. The number of aryl methyl sites for hydroxylation is 2. The molecule has 0 bridgehead atoms. The number of para-hydroxylation sites is 1. The Morgan fingerprint density at radius 2 is 1.86 bits per heavy atom. The molecule has 1 aromatic heterocycles. The van der Waals surface area contributed by atoms with Crippen molar-refractivity contribution < 1.29 is 9.84 Å². The molecule has 0 radical (unpaired) electrons. The molecule has 0 fully saturated rings. The van der Waals surface area contributed by atoms with Crippen molar-refractivity contribution in [1.82, 2.24) is 9.55 Å². The first kappa shape index (κ1) is 21.4. The van der Waals surface area contributed by atoms with Crippen LogP contribution in [0, 0.1) is 13.8 Å². The SMILES string of the molecule is CC[C@H](C)n1c(SC[C@H](O)COc2cc(C)cc(C)c2)nc2ccccc2c1=O. The van der Waals surface area contributed by atoms with Crippen LogP contribution in [0.2, 0.25) is 0 Å². The van der Waals surface area contributed by atoms with Gasteiger partial charge in [0.2, 0.25) is 0 Å². The summed E-state index contributed by atoms with van der Waals surface area (Å²) in [6.45, 7) is 8.29. The first-order chi connectivity index (χ1) is 13.9. The molecule has 3 rings (SSSR count). The number of aromatic nitrogens is 2. The number of aliphatic hydroxyl groups is 1. The fourth-order valence-corrected chi connectivity index (χ4v) is 4.23. The second-order valence-corrected chi connectivity index (χ2v) is 8.43. The topological polar surface area (TPSA) is 64.3 Å². The number of hydrogen-bond acceptors (Lipinski definition) is 5. The van der Waals surface area contributed by atoms with Crippen LogP contribution in [0.5, 0.6) is 5.75 Å². The Bertz CT molecular complexity index is 1030. The number of ether oxygens (including phenoxy) is 1. The van der Waals surface area contributed by atoms with Gasteiger partial charge in [0.1, 0.15) is 12.4 Å². The number of aliphatic hydroxyl groups excluding tert-OH is 1. The van der Waals surface area contributed by atoms with E-state index in [1.54, 1.807) is 4.57 Å². The van der Waals surface area contributed by atoms with Crippen molar-refractivity contribution in [3.63, 3.8) is 0 Å². The summed E-state index contributed by atoms with van der Waals surface area (Å²) in [5.41, 5.74) is 2.90. The Balaban J connectivity index is 1.74. The number of nitrogens with zero attached hydrogens (tertiary/aromatic N) is 2. The molecule has 0 aliphatic carbocycles. The molecule has 154 valence electrons. The van der Waals surface area contributed by atoms with Gasteiger partial charge in [0, 0.05) is 11.8 Å². The summed E-state index contributed by atoms with van der Waals surface area (Å²) >= 11 is 1.39. The van der Waals surface area contributed by atoms with Crippen molar-refractivity contribution in [3.05, 3.63) is 63.9 Å². The summed E-state index contributed by atoms with van der Waals surface area (Å²) in [5, 5.41) is 11.7. The van der Waals surface area contributed by atoms with Gasteiger partial charge in [-0.05, 0) is 62.6 Å². The lowest BCUT2D eigenvalue weighted by Crippen LogP contribution is -2.27. The summed E-state index contributed by atoms with van der Waals surface area (Å²) < 4.78 is 7.50. The third-order valence-corrected chi connectivity index (χ3v) is 5.95. The number of fused-ring (bicyclic) bond motifs is 1. The molecule has 0 amide bonds. The molecule has 2 atom stereocenters. The van der Waals surface area contributed by atoms with Gasteiger partial charge < -0.3 is 9.84 Å². The van der Waals surface area contributed by atoms with Crippen molar-refractivity contribution in [2.45, 2.75) is 51.4 Å². The molecule has 0 spiro atoms. The molecule has 6 heteroatoms. The van der Waals surface area contributed by atoms with Crippen LogP contribution in [-0.4, -0.2) is 33.1 Å². The van der Waals surface area contributed by atoms with Crippen molar-refractivity contribution >= 4 is 22.7 Å². The smallest absolute Gasteiger partial charge is 0.262 e. The number of benzene rings is 2. The van der Waals surface area contributed by atoms with Gasteiger partial charge in [-0.2, -0.15) is 0 Å². The second-order valence-electron chi connectivity index (χ2n) is 7.44. The van der Waals surface area contributed by atoms with Gasteiger partial charge in [-0.1, -0.05) is 36.9 Å². The molecule has 1 N–H and O–H groups in total. The highest BCUT2D eigenvalue weighted by Crippen LogP contribution is 2.23. The van der Waals surface area contributed by atoms with Gasteiger partial charge in [-0.15, -0.1) is 0 Å². The highest BCUT2D eigenvalue weighted by Gasteiger charge is 2.17. The van der Waals surface area contributed by atoms with Crippen molar-refractivity contribution in [2.75, 3.05) is 12.4 Å². The zero-order chi connectivity index (χ0) is 21.0. The molecule has 0 saturated carbocycles. The first-order valence-electron chi connectivity index (χ1n) is 9.92. The standard InChI is InChI=1S/C23H28N2O3S/c1-5-17(4)25-22(27)20-8-6-7-9-21(20)24-23(25)29-14-18(26)13-28-19-11-15(2)10-16(3)12-19/h6-12,17-18,26H,5,13-14H2,1-4H3/t17-,18+/m0/s1. The maximum absolute atomic E-state index is 13.0. The van der Waals surface area contributed by atoms with E-state index in [-0.39, 0.29) is 18.2 Å². The number of hydrogen-bond donors (Lipinski definition) is 1. The van der Waals surface area contributed by atoms with E-state index in [9.17, 15) is 9.90 Å². The lowest BCUT2D eigenvalue weighted by atomic mass is 10.1. The van der Waals surface area contributed by atoms with Gasteiger partial charge in [0.05, 0.1) is 17.0 Å². The van der Waals surface area contributed by atoms with E-state index in [1.165, 1.54) is 11.8 Å². The van der Waals surface area contributed by atoms with Crippen LogP contribution in [-0.2, 0) is 0 Å². The molecule has 5 nitrogen and oxygen atoms in total. The monoisotopic (exact) mass is 412 g/mol. The van der Waals surface area contributed by atoms with Gasteiger partial charge >= 0.3 is 0 Å². The fourth-order valence-electron chi connectivity index (χ4n) is 3.23. The summed E-state index contributed by atoms with van der Waals surface area (Å²) in [7, 11) is 0. The van der Waals surface area contributed by atoms with Gasteiger partial charge in [-0.3, -0.25) is 9.36 Å². The van der Waals surface area contributed by atoms with E-state index < -0.39 is 6.10 Å². The Morgan fingerprint density at radius 1 is 1.17 bits per heavy atom. The Kier molecular flexibility index (Phi) is 6.98. The molecular formula is C23H28N2O3S. The molecule has 2 aromatic carbocycles. The molecule has 0 aliphatic rings. The minimum Gasteiger partial charge on any atom is -0.491 e. The van der Waals surface area contributed by atoms with E-state index in [1.807, 2.05) is 64.1 Å². The van der Waals surface area contributed by atoms with Crippen LogP contribution in [0.3, 0.4) is 0 Å². The largest absolute Gasteiger partial charge is 0.491 e. The maximum Gasteiger partial charge on any atom is 0.262 e. The number of rotatable bonds is 8. The molecule has 29 heavy (non-hydrogen) atoms. The lowest BCUT2D eigenvalue weighted by molar-refractivity contribution is 0.126. The molecule has 1 heterocycles. The van der Waals surface area contributed by atoms with Crippen molar-refractivity contribution in [2.24, 2.45) is 0 Å². The second kappa shape index (κ2) is 9.46. The lowest BCUT2D eigenvalue weighted by Gasteiger charge is -2.19. The van der Waals surface area contributed by atoms with Gasteiger partial charge in [0.15, 0.2) is 5.16 Å². The van der Waals surface area contributed by atoms with Crippen molar-refractivity contribution in [3.8, 4) is 5.75 Å². The van der Waals surface area contributed by atoms with Crippen LogP contribution >= 0.6 is 11.8 Å². The van der Waals surface area contributed by atoms with E-state index in [0.717, 1.165) is 23.3 Å². The third-order valence-electron chi connectivity index (χ3n) is 4.85. The Morgan fingerprint density at radius 3 is 2.55 bits per heavy atom. The van der Waals surface area contributed by atoms with Crippen molar-refractivity contribution in [1.29, 1.82) is 0 Å². The highest BCUT2D eigenvalue weighted by molar-refractivity contribution is 7.99. The molecule has 3 aromatic rings. The minimum atomic E-state index is -0.672. The fraction of sp³-hybridized carbons (Fsp3) is 0.391. The van der Waals surface area contributed by atoms with Crippen LogP contribution in [0.1, 0.15) is 37.4 Å². The van der Waals surface area contributed by atoms with E-state index in [2.05, 4.69) is 6.07 Å². The highest BCUT2D eigenvalue weighted by atomic mass is 32.2. The zero-order valence-corrected chi connectivity index (χ0v) is 18.2. The van der Waals surface area contributed by atoms with E-state index >= 15 is 0 Å². The molecule has 0 unspecified atom stereocenters. The molecule has 0 aliphatic heterocycles. The molecular weight excluding hydrogens is 384 g/mol. The molecule has 0 saturated heterocycles. The van der Waals surface area contributed by atoms with Crippen LogP contribution in [0.25, 0.3) is 10.9 Å². The van der Waals surface area contributed by atoms with Crippen LogP contribution in [0.4, 0.5) is 0 Å². The Labute approximate surface area is 175 Å². The summed E-state index contributed by atoms with van der Waals surface area (Å²) in [6, 6.07) is 13.4. The normalized spacial score (nSPS) is 13.4. The van der Waals surface area contributed by atoms with Crippen LogP contribution < -0.4 is 10.3 Å². The average Bonchev–Trinajstić information content (AvgIpc) is 2.69. The summed E-state index contributed by atoms with van der Waals surface area (Å²) in [4.78, 5) is 17.7. The zero-order valence-electron chi connectivity index (χ0n) is 17.4. The minimum absolute atomic E-state index is 0.0331. The van der Waals surface area contributed by atoms with E-state index in [4.69, 9.17) is 9.72 Å². The van der Waals surface area contributed by atoms with Crippen LogP contribution in [0.15, 0.2) is 52.4 Å².